The number of allylic oxidation sites excluding steroid dienone is 1. The van der Waals surface area contributed by atoms with Gasteiger partial charge < -0.3 is 9.94 Å². The molecule has 1 heterocycles. The highest BCUT2D eigenvalue weighted by Crippen LogP contribution is 2.19. The van der Waals surface area contributed by atoms with Crippen molar-refractivity contribution in [2.24, 2.45) is 0 Å². The van der Waals surface area contributed by atoms with Gasteiger partial charge in [0.25, 0.3) is 0 Å². The lowest BCUT2D eigenvalue weighted by molar-refractivity contribution is -0.455. The largest absolute Gasteiger partial charge is 0.624 e. The van der Waals surface area contributed by atoms with Gasteiger partial charge in [-0.15, -0.1) is 0 Å². The number of halogens is 3. The Morgan fingerprint density at radius 2 is 2.29 bits per heavy atom. The molecule has 10 heteroatoms. The molecule has 1 unspecified atom stereocenters. The van der Waals surface area contributed by atoms with Crippen molar-refractivity contribution < 1.29 is 26.9 Å². The number of hydrogen-bond donors (Lipinski definition) is 0. The van der Waals surface area contributed by atoms with Crippen molar-refractivity contribution in [1.82, 2.24) is 4.98 Å². The van der Waals surface area contributed by atoms with Crippen LogP contribution in [-0.2, 0) is 15.5 Å². The average Bonchev–Trinajstić information content (AvgIpc) is 2.90. The molecule has 0 aliphatic carbocycles. The lowest BCUT2D eigenvalue weighted by Gasteiger charge is -2.01. The Bertz CT molecular complexity index is 557. The van der Waals surface area contributed by atoms with Gasteiger partial charge >= 0.3 is 6.08 Å². The summed E-state index contributed by atoms with van der Waals surface area (Å²) in [4.78, 5) is 4.31. The summed E-state index contributed by atoms with van der Waals surface area (Å²) >= 11 is 0.988. The van der Waals surface area contributed by atoms with E-state index in [4.69, 9.17) is 4.74 Å². The predicted octanol–water partition coefficient (Wildman–Crippen LogP) is 2.29. The van der Waals surface area contributed by atoms with E-state index in [-0.39, 0.29) is 23.2 Å². The number of rotatable bonds is 8. The van der Waals surface area contributed by atoms with Crippen molar-refractivity contribution in [3.05, 3.63) is 28.2 Å². The Labute approximate surface area is 125 Å². The van der Waals surface area contributed by atoms with Gasteiger partial charge in [-0.3, -0.25) is 4.21 Å². The van der Waals surface area contributed by atoms with E-state index in [0.717, 1.165) is 11.3 Å². The van der Waals surface area contributed by atoms with Crippen LogP contribution < -0.4 is 0 Å². The molecule has 1 aromatic rings. The van der Waals surface area contributed by atoms with E-state index in [2.05, 4.69) is 4.98 Å². The van der Waals surface area contributed by atoms with Gasteiger partial charge in [0.2, 0.25) is 0 Å². The fourth-order valence-corrected chi connectivity index (χ4v) is 3.39. The van der Waals surface area contributed by atoms with E-state index >= 15 is 0 Å². The molecule has 0 saturated heterocycles. The molecule has 0 aliphatic rings. The van der Waals surface area contributed by atoms with Crippen LogP contribution in [0.15, 0.2) is 22.4 Å². The monoisotopic (exact) mass is 342 g/mol. The number of hydrogen-bond acceptors (Lipinski definition) is 5. The van der Waals surface area contributed by atoms with Gasteiger partial charge in [-0.05, 0) is 0 Å². The molecule has 0 N–H and O–H groups in total. The third kappa shape index (κ3) is 6.36. The molecule has 21 heavy (non-hydrogen) atoms. The number of aromatic nitrogens is 1. The molecule has 0 saturated carbocycles. The smallest absolute Gasteiger partial charge is 0.301 e. The number of hydroxylamine groups is 1. The molecule has 0 aromatic carbocycles. The second-order valence-corrected chi connectivity index (χ2v) is 6.56. The summed E-state index contributed by atoms with van der Waals surface area (Å²) in [5, 5.41) is 11.4. The first kappa shape index (κ1) is 17.8. The maximum Gasteiger partial charge on any atom is 0.301 e. The van der Waals surface area contributed by atoms with Crippen LogP contribution in [0.4, 0.5) is 13.2 Å². The Morgan fingerprint density at radius 3 is 2.90 bits per heavy atom. The van der Waals surface area contributed by atoms with E-state index in [1.165, 1.54) is 19.5 Å². The summed E-state index contributed by atoms with van der Waals surface area (Å²) in [6, 6.07) is 0. The Morgan fingerprint density at radius 1 is 1.57 bits per heavy atom. The maximum atomic E-state index is 12.6. The molecule has 0 bridgehead atoms. The molecule has 1 aromatic heterocycles. The van der Waals surface area contributed by atoms with Crippen LogP contribution in [-0.4, -0.2) is 46.2 Å². The van der Waals surface area contributed by atoms with E-state index in [0.29, 0.717) is 9.62 Å². The summed E-state index contributed by atoms with van der Waals surface area (Å²) in [5.74, 6) is -1.86. The summed E-state index contributed by atoms with van der Waals surface area (Å²) in [6.45, 7) is 0.399. The van der Waals surface area contributed by atoms with Crippen LogP contribution in [0.2, 0.25) is 0 Å². The number of nitrogens with zero attached hydrogens (tertiary/aromatic N) is 2. The lowest BCUT2D eigenvalue weighted by Crippen LogP contribution is -2.11. The Kier molecular flexibility index (Phi) is 7.54. The van der Waals surface area contributed by atoms with Crippen molar-refractivity contribution in [3.63, 3.8) is 0 Å². The van der Waals surface area contributed by atoms with Crippen molar-refractivity contribution in [3.8, 4) is 0 Å². The maximum absolute atomic E-state index is 12.6. The van der Waals surface area contributed by atoms with Crippen molar-refractivity contribution in [2.45, 2.75) is 10.8 Å². The van der Waals surface area contributed by atoms with E-state index in [1.54, 1.807) is 0 Å². The van der Waals surface area contributed by atoms with E-state index in [1.807, 2.05) is 0 Å². The summed E-state index contributed by atoms with van der Waals surface area (Å²) in [7, 11) is -0.217. The third-order valence-corrected chi connectivity index (χ3v) is 4.80. The van der Waals surface area contributed by atoms with Crippen LogP contribution >= 0.6 is 11.3 Å². The fourth-order valence-electron chi connectivity index (χ4n) is 1.19. The summed E-state index contributed by atoms with van der Waals surface area (Å²) in [5.41, 5.74) is 0. The highest BCUT2D eigenvalue weighted by atomic mass is 32.2. The van der Waals surface area contributed by atoms with Gasteiger partial charge in [0.15, 0.2) is 22.9 Å². The van der Waals surface area contributed by atoms with Crippen molar-refractivity contribution in [1.29, 1.82) is 0 Å². The Balaban J connectivity index is 2.62. The minimum absolute atomic E-state index is 0.138. The zero-order valence-electron chi connectivity index (χ0n) is 11.1. The molecule has 118 valence electrons. The molecule has 0 radical (unpaired) electrons. The molecular weight excluding hydrogens is 329 g/mol. The van der Waals surface area contributed by atoms with Crippen LogP contribution in [0.1, 0.15) is 11.3 Å². The molecular formula is C11H13F3N2O3S2. The SMILES string of the molecule is COCC/[N+]([O-])=C/c1cnc(S(=O)CCC(F)=C(F)F)s1. The molecule has 1 rings (SSSR count). The molecule has 1 atom stereocenters. The van der Waals surface area contributed by atoms with Gasteiger partial charge in [-0.1, -0.05) is 11.3 Å². The molecule has 0 aliphatic heterocycles. The van der Waals surface area contributed by atoms with Crippen LogP contribution in [0.3, 0.4) is 0 Å². The zero-order valence-corrected chi connectivity index (χ0v) is 12.7. The second-order valence-electron chi connectivity index (χ2n) is 3.76. The van der Waals surface area contributed by atoms with Gasteiger partial charge in [0, 0.05) is 19.3 Å². The minimum atomic E-state index is -2.40. The molecule has 0 fully saturated rings. The van der Waals surface area contributed by atoms with Gasteiger partial charge in [-0.25, -0.2) is 14.1 Å². The lowest BCUT2D eigenvalue weighted by atomic mass is 10.4. The number of methoxy groups -OCH3 is 1. The topological polar surface area (TPSA) is 65.3 Å². The van der Waals surface area contributed by atoms with Crippen molar-refractivity contribution in [2.75, 3.05) is 26.0 Å². The highest BCUT2D eigenvalue weighted by Gasteiger charge is 2.13. The first-order valence-electron chi connectivity index (χ1n) is 5.75. The molecule has 5 nitrogen and oxygen atoms in total. The van der Waals surface area contributed by atoms with Crippen LogP contribution in [0.5, 0.6) is 0 Å². The van der Waals surface area contributed by atoms with Gasteiger partial charge in [-0.2, -0.15) is 8.78 Å². The third-order valence-electron chi connectivity index (χ3n) is 2.20. The summed E-state index contributed by atoms with van der Waals surface area (Å²) < 4.78 is 53.6. The van der Waals surface area contributed by atoms with Crippen LogP contribution in [0, 0.1) is 5.21 Å². The van der Waals surface area contributed by atoms with E-state index < -0.39 is 29.1 Å². The van der Waals surface area contributed by atoms with E-state index in [9.17, 15) is 22.6 Å². The average molecular weight is 342 g/mol. The first-order chi connectivity index (χ1) is 9.93. The summed E-state index contributed by atoms with van der Waals surface area (Å²) in [6.07, 6.45) is -0.411. The first-order valence-corrected chi connectivity index (χ1v) is 7.89. The quantitative estimate of drug-likeness (QED) is 0.315. The standard InChI is InChI=1S/C11H13F3N2O3S2/c1-19-4-3-16(17)7-8-6-15-11(20-8)21(18)5-2-9(12)10(13)14/h6-7H,2-5H2,1H3/b16-7-. The second kappa shape index (κ2) is 8.90. The fraction of sp³-hybridized carbons (Fsp3) is 0.455. The highest BCUT2D eigenvalue weighted by molar-refractivity contribution is 7.87. The molecule has 0 amide bonds. The van der Waals surface area contributed by atoms with Crippen molar-refractivity contribution >= 4 is 28.4 Å². The normalized spacial score (nSPS) is 13.2. The van der Waals surface area contributed by atoms with Gasteiger partial charge in [0.05, 0.1) is 17.0 Å². The number of ether oxygens (including phenoxy) is 1. The number of thiazole rings is 1. The zero-order chi connectivity index (χ0) is 15.8. The predicted molar refractivity (Wildman–Crippen MR) is 73.9 cm³/mol. The molecule has 0 spiro atoms. The Hall–Kier alpha value is -1.26. The van der Waals surface area contributed by atoms with Crippen LogP contribution in [0.25, 0.3) is 0 Å². The van der Waals surface area contributed by atoms with Gasteiger partial charge in [0.1, 0.15) is 11.5 Å². The minimum Gasteiger partial charge on any atom is -0.624 e.